The van der Waals surface area contributed by atoms with Gasteiger partial charge in [0.2, 0.25) is 22.8 Å². The molecule has 0 aliphatic carbocycles. The van der Waals surface area contributed by atoms with Crippen LogP contribution in [0.15, 0.2) is 157 Å². The van der Waals surface area contributed by atoms with Crippen LogP contribution in [0, 0.1) is 0 Å². The Morgan fingerprint density at radius 2 is 0.656 bits per heavy atom. The van der Waals surface area contributed by atoms with Gasteiger partial charge < -0.3 is 40.2 Å². The van der Waals surface area contributed by atoms with E-state index in [0.29, 0.717) is 21.9 Å². The quantitative estimate of drug-likeness (QED) is 0.0600. The predicted molar refractivity (Wildman–Crippen MR) is 232 cm³/mol. The molecule has 6 aromatic rings. The molecule has 1 spiro atoms. The first kappa shape index (κ1) is 36.3. The van der Waals surface area contributed by atoms with E-state index in [2.05, 4.69) is 66.9 Å². The van der Waals surface area contributed by atoms with E-state index in [1.165, 1.54) is 0 Å². The molecule has 4 aromatic carbocycles. The van der Waals surface area contributed by atoms with Crippen LogP contribution in [-0.2, 0) is 5.91 Å². The summed E-state index contributed by atoms with van der Waals surface area (Å²) in [6.07, 6.45) is 8.51. The van der Waals surface area contributed by atoms with Gasteiger partial charge in [-0.05, 0) is 68.4 Å². The normalized spacial score (nSPS) is 16.9. The Morgan fingerprint density at radius 1 is 0.344 bits per heavy atom. The van der Waals surface area contributed by atoms with E-state index in [1.807, 2.05) is 48.5 Å². The molecule has 0 unspecified atom stereocenters. The highest BCUT2D eigenvalue weighted by Crippen LogP contribution is 2.52. The second-order valence-electron chi connectivity index (χ2n) is 15.8. The standard InChI is InChI=1S/C45H32B4N4O8/c54-46(55)29-9-1-25(2-10-29)41-33-17-19-35-42(26-3-11-30(12-4-26)47(56)57)37-21-23-39-44(28-7-15-32(16-8-28)49(60)61)40-24-22-38-43(27-5-13-31(14-6-27)48(58)59)36-20-18-34(41)51(36)45(50(33)35,52(37)39)53(38)40/h1-24,54-61H/q+2. The fourth-order valence-electron chi connectivity index (χ4n) is 10.2. The second-order valence-corrected chi connectivity index (χ2v) is 15.8. The number of allylic oxidation sites excluding steroid dienone is 4. The molecular weight excluding hydrogens is 768 g/mol. The van der Waals surface area contributed by atoms with Gasteiger partial charge in [0.05, 0.1) is 44.4 Å². The molecule has 0 radical (unpaired) electrons. The van der Waals surface area contributed by atoms with Crippen molar-refractivity contribution >= 4 is 84.0 Å². The van der Waals surface area contributed by atoms with Gasteiger partial charge in [0.15, 0.2) is 0 Å². The Bertz CT molecular complexity index is 3070. The molecule has 0 bridgehead atoms. The average molecular weight is 800 g/mol. The number of rotatable bonds is 8. The van der Waals surface area contributed by atoms with Gasteiger partial charge in [-0.15, -0.1) is 0 Å². The zero-order valence-corrected chi connectivity index (χ0v) is 32.0. The minimum atomic E-state index is -1.63. The number of aromatic nitrogens is 2. The smallest absolute Gasteiger partial charge is 0.423 e. The summed E-state index contributed by atoms with van der Waals surface area (Å²) in [4.78, 5) is 0. The minimum absolute atomic E-state index is 0.366. The summed E-state index contributed by atoms with van der Waals surface area (Å²) in [7, 11) is -6.52. The number of hydrogen-bond donors (Lipinski definition) is 8. The molecule has 2 aromatic heterocycles. The molecule has 6 aliphatic heterocycles. The van der Waals surface area contributed by atoms with Crippen LogP contribution in [0.2, 0.25) is 0 Å². The van der Waals surface area contributed by atoms with Crippen LogP contribution >= 0.6 is 0 Å². The van der Waals surface area contributed by atoms with E-state index in [4.69, 9.17) is 0 Å². The van der Waals surface area contributed by atoms with E-state index in [-0.39, 0.29) is 0 Å². The van der Waals surface area contributed by atoms with Crippen LogP contribution in [0.4, 0.5) is 0 Å². The molecule has 0 fully saturated rings. The van der Waals surface area contributed by atoms with E-state index in [1.54, 1.807) is 48.5 Å². The van der Waals surface area contributed by atoms with Crippen LogP contribution in [0.1, 0.15) is 33.6 Å². The molecule has 290 valence electrons. The highest BCUT2D eigenvalue weighted by Gasteiger charge is 2.73. The van der Waals surface area contributed by atoms with Crippen molar-refractivity contribution in [2.45, 2.75) is 5.91 Å². The molecule has 0 saturated heterocycles. The molecule has 61 heavy (non-hydrogen) atoms. The van der Waals surface area contributed by atoms with E-state index >= 15 is 0 Å². The molecule has 12 rings (SSSR count). The first-order chi connectivity index (χ1) is 29.6. The summed E-state index contributed by atoms with van der Waals surface area (Å²) in [6, 6.07) is 37.5. The first-order valence-electron chi connectivity index (χ1n) is 19.8. The highest BCUT2D eigenvalue weighted by molar-refractivity contribution is 6.59. The molecule has 16 heteroatoms. The Balaban J connectivity index is 1.26. The summed E-state index contributed by atoms with van der Waals surface area (Å²) in [6.45, 7) is 0. The molecular formula is C45H32B4N4O8+2. The third kappa shape index (κ3) is 4.70. The van der Waals surface area contributed by atoms with Crippen molar-refractivity contribution in [3.8, 4) is 0 Å². The molecule has 12 nitrogen and oxygen atoms in total. The van der Waals surface area contributed by atoms with Gasteiger partial charge in [-0.25, -0.2) is 0 Å². The molecule has 8 heterocycles. The summed E-state index contributed by atoms with van der Waals surface area (Å²) in [5, 5.41) is 82.1. The molecule has 0 atom stereocenters. The number of nitrogens with zero attached hydrogens (tertiary/aromatic N) is 4. The first-order valence-corrected chi connectivity index (χ1v) is 19.8. The van der Waals surface area contributed by atoms with E-state index < -0.39 is 34.4 Å². The summed E-state index contributed by atoms with van der Waals surface area (Å²) < 4.78 is 9.47. The zero-order chi connectivity index (χ0) is 41.6. The molecule has 0 amide bonds. The third-order valence-electron chi connectivity index (χ3n) is 12.8. The summed E-state index contributed by atoms with van der Waals surface area (Å²) in [5.41, 5.74) is 14.0. The predicted octanol–water partition coefficient (Wildman–Crippen LogP) is -2.86. The highest BCUT2D eigenvalue weighted by atomic mass is 16.4. The second kappa shape index (κ2) is 12.7. The average Bonchev–Trinajstić information content (AvgIpc) is 4.10. The van der Waals surface area contributed by atoms with Gasteiger partial charge in [0, 0.05) is 24.3 Å². The lowest BCUT2D eigenvalue weighted by Crippen LogP contribution is -2.71. The van der Waals surface area contributed by atoms with Crippen molar-refractivity contribution in [3.63, 3.8) is 0 Å². The van der Waals surface area contributed by atoms with Crippen molar-refractivity contribution < 1.29 is 49.3 Å². The van der Waals surface area contributed by atoms with Crippen LogP contribution in [0.3, 0.4) is 0 Å². The third-order valence-corrected chi connectivity index (χ3v) is 12.8. The Kier molecular flexibility index (Phi) is 7.57. The zero-order valence-electron chi connectivity index (χ0n) is 32.0. The van der Waals surface area contributed by atoms with Gasteiger partial charge >= 0.3 is 34.4 Å². The van der Waals surface area contributed by atoms with Crippen molar-refractivity contribution in [2.24, 2.45) is 0 Å². The van der Waals surface area contributed by atoms with Crippen LogP contribution in [-0.4, -0.2) is 98.4 Å². The maximum Gasteiger partial charge on any atom is 0.553 e. The topological polar surface area (TPSA) is 178 Å². The number of hydrogen-bond acceptors (Lipinski definition) is 8. The van der Waals surface area contributed by atoms with E-state index in [0.717, 1.165) is 89.4 Å². The molecule has 6 aliphatic rings. The van der Waals surface area contributed by atoms with Crippen molar-refractivity contribution in [3.05, 3.63) is 201 Å². The Morgan fingerprint density at radius 3 is 0.967 bits per heavy atom. The summed E-state index contributed by atoms with van der Waals surface area (Å²) in [5.74, 6) is -1.12. The Labute approximate surface area is 348 Å². The lowest BCUT2D eigenvalue weighted by Gasteiger charge is -2.41. The lowest BCUT2D eigenvalue weighted by molar-refractivity contribution is -0.834. The Hall–Kier alpha value is -6.58. The van der Waals surface area contributed by atoms with Gasteiger partial charge in [-0.2, -0.15) is 9.13 Å². The van der Waals surface area contributed by atoms with Crippen LogP contribution < -0.4 is 32.5 Å². The SMILES string of the molecule is OB(O)c1ccc(C2=C3C=CC4=[N+]3C35n6c2ccc6C(c2ccc(B(O)O)cc2)=C2C=CC(=[N+]23)C(c2ccc(B(O)O)cc2)=c2ccc(n25)=C4c2ccc(B(O)O)cc2)cc1. The fourth-order valence-corrected chi connectivity index (χ4v) is 10.2. The minimum Gasteiger partial charge on any atom is -0.423 e. The van der Waals surface area contributed by atoms with Crippen LogP contribution in [0.5, 0.6) is 0 Å². The monoisotopic (exact) mass is 800 g/mol. The summed E-state index contributed by atoms with van der Waals surface area (Å²) >= 11 is 0. The lowest BCUT2D eigenvalue weighted by atomic mass is 9.79. The largest absolute Gasteiger partial charge is 0.553 e. The maximum atomic E-state index is 10.0. The van der Waals surface area contributed by atoms with Gasteiger partial charge in [-0.1, -0.05) is 106 Å². The number of benzene rings is 4. The van der Waals surface area contributed by atoms with Crippen molar-refractivity contribution in [2.75, 3.05) is 0 Å². The fraction of sp³-hybridized carbons (Fsp3) is 0.0222. The van der Waals surface area contributed by atoms with Gasteiger partial charge in [-0.3, -0.25) is 0 Å². The maximum absolute atomic E-state index is 10.0. The van der Waals surface area contributed by atoms with Crippen LogP contribution in [0.25, 0.3) is 22.3 Å². The van der Waals surface area contributed by atoms with Gasteiger partial charge in [0.25, 0.3) is 0 Å². The van der Waals surface area contributed by atoms with Crippen molar-refractivity contribution in [1.82, 2.24) is 9.13 Å². The van der Waals surface area contributed by atoms with E-state index in [9.17, 15) is 40.2 Å². The molecule has 0 saturated carbocycles. The molecule has 8 N–H and O–H groups in total. The van der Waals surface area contributed by atoms with Gasteiger partial charge in [0.1, 0.15) is 0 Å². The van der Waals surface area contributed by atoms with Crippen molar-refractivity contribution in [1.29, 1.82) is 0 Å².